The number of para-hydroxylation sites is 1. The monoisotopic (exact) mass is 323 g/mol. The lowest BCUT2D eigenvalue weighted by atomic mass is 9.92. The number of piperidine rings is 1. The van der Waals surface area contributed by atoms with Crippen LogP contribution in [0, 0.1) is 5.82 Å². The van der Waals surface area contributed by atoms with Gasteiger partial charge in [-0.1, -0.05) is 18.2 Å². The third kappa shape index (κ3) is 2.56. The second kappa shape index (κ2) is 6.07. The zero-order valence-electron chi connectivity index (χ0n) is 13.2. The lowest BCUT2D eigenvalue weighted by Crippen LogP contribution is -2.31. The van der Waals surface area contributed by atoms with E-state index in [0.29, 0.717) is 5.92 Å². The molecule has 2 aromatic carbocycles. The van der Waals surface area contributed by atoms with Crippen molar-refractivity contribution in [3.05, 3.63) is 60.0 Å². The average molecular weight is 323 g/mol. The molecule has 0 N–H and O–H groups in total. The molecule has 1 aromatic heterocycles. The quantitative estimate of drug-likeness (QED) is 0.692. The Hall–Kier alpha value is -2.69. The van der Waals surface area contributed by atoms with Crippen molar-refractivity contribution in [3.8, 4) is 5.69 Å². The minimum absolute atomic E-state index is 0.253. The maximum absolute atomic E-state index is 13.2. The van der Waals surface area contributed by atoms with Gasteiger partial charge >= 0.3 is 0 Å². The molecule has 1 fully saturated rings. The van der Waals surface area contributed by atoms with Crippen molar-refractivity contribution in [2.45, 2.75) is 18.8 Å². The number of amides is 1. The molecule has 4 nitrogen and oxygen atoms in total. The first-order chi connectivity index (χ1) is 11.8. The predicted molar refractivity (Wildman–Crippen MR) is 90.6 cm³/mol. The summed E-state index contributed by atoms with van der Waals surface area (Å²) >= 11 is 0. The highest BCUT2D eigenvalue weighted by molar-refractivity contribution is 5.84. The van der Waals surface area contributed by atoms with Crippen LogP contribution in [0.15, 0.2) is 48.5 Å². The molecule has 0 spiro atoms. The van der Waals surface area contributed by atoms with E-state index in [2.05, 4.69) is 6.07 Å². The highest BCUT2D eigenvalue weighted by atomic mass is 19.1. The zero-order valence-corrected chi connectivity index (χ0v) is 13.2. The molecule has 0 radical (unpaired) electrons. The van der Waals surface area contributed by atoms with Gasteiger partial charge in [0.25, 0.3) is 0 Å². The molecule has 3 aromatic rings. The van der Waals surface area contributed by atoms with Gasteiger partial charge in [0, 0.05) is 24.4 Å². The van der Waals surface area contributed by atoms with E-state index in [1.54, 1.807) is 12.1 Å². The molecule has 0 unspecified atom stereocenters. The molecule has 122 valence electrons. The lowest BCUT2D eigenvalue weighted by Gasteiger charge is -2.28. The number of hydrogen-bond acceptors (Lipinski definition) is 2. The van der Waals surface area contributed by atoms with Crippen molar-refractivity contribution in [2.75, 3.05) is 13.1 Å². The summed E-state index contributed by atoms with van der Waals surface area (Å²) in [7, 11) is 0. The Morgan fingerprint density at radius 1 is 1.04 bits per heavy atom. The topological polar surface area (TPSA) is 38.1 Å². The van der Waals surface area contributed by atoms with E-state index in [0.717, 1.165) is 54.6 Å². The van der Waals surface area contributed by atoms with Gasteiger partial charge in [0.2, 0.25) is 6.41 Å². The number of benzene rings is 2. The number of aromatic nitrogens is 2. The van der Waals surface area contributed by atoms with Crippen LogP contribution in [0.5, 0.6) is 0 Å². The standard InChI is InChI=1S/C19H18FN3O/c20-15-5-7-16(8-6-15)23-18-4-2-1-3-17(18)19(21-23)14-9-11-22(13-24)12-10-14/h1-8,13-14H,9-12H2. The van der Waals surface area contributed by atoms with Gasteiger partial charge in [-0.25, -0.2) is 9.07 Å². The number of hydrogen-bond donors (Lipinski definition) is 0. The Morgan fingerprint density at radius 2 is 1.75 bits per heavy atom. The van der Waals surface area contributed by atoms with Crippen LogP contribution in [0.3, 0.4) is 0 Å². The van der Waals surface area contributed by atoms with Crippen LogP contribution in [0.4, 0.5) is 4.39 Å². The molecule has 2 heterocycles. The average Bonchev–Trinajstić information content (AvgIpc) is 3.02. The number of likely N-dealkylation sites (tertiary alicyclic amines) is 1. The van der Waals surface area contributed by atoms with Crippen LogP contribution in [-0.4, -0.2) is 34.2 Å². The second-order valence-electron chi connectivity index (χ2n) is 6.21. The molecule has 1 aliphatic rings. The van der Waals surface area contributed by atoms with Crippen LogP contribution in [0.25, 0.3) is 16.6 Å². The first-order valence-corrected chi connectivity index (χ1v) is 8.19. The first-order valence-electron chi connectivity index (χ1n) is 8.19. The third-order valence-electron chi connectivity index (χ3n) is 4.75. The Labute approximate surface area is 139 Å². The lowest BCUT2D eigenvalue weighted by molar-refractivity contribution is -0.119. The fourth-order valence-electron chi connectivity index (χ4n) is 3.45. The van der Waals surface area contributed by atoms with E-state index in [1.807, 2.05) is 27.8 Å². The predicted octanol–water partition coefficient (Wildman–Crippen LogP) is 3.50. The molecule has 0 aliphatic carbocycles. The van der Waals surface area contributed by atoms with Crippen LogP contribution in [0.1, 0.15) is 24.5 Å². The van der Waals surface area contributed by atoms with Gasteiger partial charge in [0.1, 0.15) is 5.82 Å². The molecule has 1 amide bonds. The highest BCUT2D eigenvalue weighted by Gasteiger charge is 2.24. The second-order valence-corrected chi connectivity index (χ2v) is 6.21. The smallest absolute Gasteiger partial charge is 0.209 e. The number of fused-ring (bicyclic) bond motifs is 1. The third-order valence-corrected chi connectivity index (χ3v) is 4.75. The van der Waals surface area contributed by atoms with Crippen molar-refractivity contribution >= 4 is 17.3 Å². The number of rotatable bonds is 3. The van der Waals surface area contributed by atoms with Crippen molar-refractivity contribution in [1.29, 1.82) is 0 Å². The summed E-state index contributed by atoms with van der Waals surface area (Å²) in [5.74, 6) is 0.0875. The minimum atomic E-state index is -0.253. The summed E-state index contributed by atoms with van der Waals surface area (Å²) < 4.78 is 15.1. The summed E-state index contributed by atoms with van der Waals surface area (Å²) in [6.07, 6.45) is 2.76. The summed E-state index contributed by atoms with van der Waals surface area (Å²) in [4.78, 5) is 12.7. The highest BCUT2D eigenvalue weighted by Crippen LogP contribution is 2.33. The minimum Gasteiger partial charge on any atom is -0.345 e. The van der Waals surface area contributed by atoms with Gasteiger partial charge in [0.05, 0.1) is 16.9 Å². The van der Waals surface area contributed by atoms with E-state index in [1.165, 1.54) is 12.1 Å². The fourth-order valence-corrected chi connectivity index (χ4v) is 3.45. The molecule has 24 heavy (non-hydrogen) atoms. The number of carbonyl (C=O) groups excluding carboxylic acids is 1. The van der Waals surface area contributed by atoms with Crippen LogP contribution in [-0.2, 0) is 4.79 Å². The molecule has 0 atom stereocenters. The Bertz CT molecular complexity index is 864. The first kappa shape index (κ1) is 14.9. The largest absolute Gasteiger partial charge is 0.345 e. The van der Waals surface area contributed by atoms with Gasteiger partial charge in [-0.3, -0.25) is 4.79 Å². The van der Waals surface area contributed by atoms with Crippen molar-refractivity contribution < 1.29 is 9.18 Å². The van der Waals surface area contributed by atoms with E-state index in [4.69, 9.17) is 5.10 Å². The number of carbonyl (C=O) groups is 1. The Kier molecular flexibility index (Phi) is 3.76. The fraction of sp³-hybridized carbons (Fsp3) is 0.263. The van der Waals surface area contributed by atoms with E-state index < -0.39 is 0 Å². The van der Waals surface area contributed by atoms with Crippen molar-refractivity contribution in [1.82, 2.24) is 14.7 Å². The number of nitrogens with zero attached hydrogens (tertiary/aromatic N) is 3. The molecule has 0 saturated carbocycles. The van der Waals surface area contributed by atoms with Gasteiger partial charge in [-0.2, -0.15) is 5.10 Å². The normalized spacial score (nSPS) is 15.8. The summed E-state index contributed by atoms with van der Waals surface area (Å²) in [5, 5.41) is 5.98. The van der Waals surface area contributed by atoms with Crippen LogP contribution >= 0.6 is 0 Å². The molecule has 5 heteroatoms. The van der Waals surface area contributed by atoms with Crippen molar-refractivity contribution in [2.24, 2.45) is 0 Å². The maximum Gasteiger partial charge on any atom is 0.209 e. The number of halogens is 1. The van der Waals surface area contributed by atoms with E-state index in [9.17, 15) is 9.18 Å². The van der Waals surface area contributed by atoms with Crippen molar-refractivity contribution in [3.63, 3.8) is 0 Å². The summed E-state index contributed by atoms with van der Waals surface area (Å²) in [5.41, 5.74) is 2.95. The molecule has 1 aliphatic heterocycles. The molecule has 4 rings (SSSR count). The molecule has 0 bridgehead atoms. The van der Waals surface area contributed by atoms with E-state index >= 15 is 0 Å². The van der Waals surface area contributed by atoms with Gasteiger partial charge < -0.3 is 4.90 Å². The molecular formula is C19H18FN3O. The maximum atomic E-state index is 13.2. The van der Waals surface area contributed by atoms with Crippen LogP contribution < -0.4 is 0 Å². The molecule has 1 saturated heterocycles. The SMILES string of the molecule is O=CN1CCC(c2nn(-c3ccc(F)cc3)c3ccccc23)CC1. The zero-order chi connectivity index (χ0) is 16.5. The van der Waals surface area contributed by atoms with Gasteiger partial charge in [0.15, 0.2) is 0 Å². The molecular weight excluding hydrogens is 305 g/mol. The van der Waals surface area contributed by atoms with Gasteiger partial charge in [-0.05, 0) is 43.2 Å². The Balaban J connectivity index is 1.77. The van der Waals surface area contributed by atoms with Crippen LogP contribution in [0.2, 0.25) is 0 Å². The summed E-state index contributed by atoms with van der Waals surface area (Å²) in [6, 6.07) is 14.5. The van der Waals surface area contributed by atoms with Gasteiger partial charge in [-0.15, -0.1) is 0 Å². The Morgan fingerprint density at radius 3 is 2.46 bits per heavy atom. The summed E-state index contributed by atoms with van der Waals surface area (Å²) in [6.45, 7) is 1.54. The van der Waals surface area contributed by atoms with E-state index in [-0.39, 0.29) is 5.82 Å².